The Morgan fingerprint density at radius 3 is 2.68 bits per heavy atom. The SMILES string of the molecule is COc1ccc(-c2cc3c(c(N4CCOCC4)c2)Sc2ccccc2N3)cn1. The summed E-state index contributed by atoms with van der Waals surface area (Å²) < 4.78 is 10.8. The molecule has 0 atom stereocenters. The molecule has 2 aromatic carbocycles. The second-order valence-electron chi connectivity index (χ2n) is 6.78. The first-order valence-electron chi connectivity index (χ1n) is 9.37. The number of methoxy groups -OCH3 is 1. The first kappa shape index (κ1) is 17.4. The Balaban J connectivity index is 1.61. The highest BCUT2D eigenvalue weighted by Gasteiger charge is 2.24. The molecule has 142 valence electrons. The zero-order chi connectivity index (χ0) is 18.9. The van der Waals surface area contributed by atoms with Gasteiger partial charge in [-0.15, -0.1) is 0 Å². The van der Waals surface area contributed by atoms with Crippen molar-refractivity contribution >= 4 is 28.8 Å². The number of morpholine rings is 1. The van der Waals surface area contributed by atoms with E-state index >= 15 is 0 Å². The van der Waals surface area contributed by atoms with Crippen LogP contribution in [-0.4, -0.2) is 38.4 Å². The van der Waals surface area contributed by atoms with Gasteiger partial charge in [0.2, 0.25) is 5.88 Å². The number of nitrogens with one attached hydrogen (secondary N) is 1. The Bertz CT molecular complexity index is 1000. The molecule has 0 spiro atoms. The maximum absolute atomic E-state index is 5.57. The molecule has 1 N–H and O–H groups in total. The highest BCUT2D eigenvalue weighted by atomic mass is 32.2. The average Bonchev–Trinajstić information content (AvgIpc) is 2.77. The number of nitrogens with zero attached hydrogens (tertiary/aromatic N) is 2. The van der Waals surface area contributed by atoms with Crippen LogP contribution in [0.15, 0.2) is 64.5 Å². The van der Waals surface area contributed by atoms with Gasteiger partial charge in [0.15, 0.2) is 0 Å². The number of aromatic nitrogens is 1. The second kappa shape index (κ2) is 7.37. The summed E-state index contributed by atoms with van der Waals surface area (Å²) in [5.74, 6) is 0.623. The summed E-state index contributed by atoms with van der Waals surface area (Å²) >= 11 is 1.83. The fraction of sp³-hybridized carbons (Fsp3) is 0.227. The van der Waals surface area contributed by atoms with E-state index in [2.05, 4.69) is 57.7 Å². The van der Waals surface area contributed by atoms with E-state index < -0.39 is 0 Å². The van der Waals surface area contributed by atoms with Gasteiger partial charge in [-0.3, -0.25) is 0 Å². The van der Waals surface area contributed by atoms with Crippen LogP contribution >= 0.6 is 11.8 Å². The van der Waals surface area contributed by atoms with Gasteiger partial charge in [-0.05, 0) is 35.9 Å². The van der Waals surface area contributed by atoms with Crippen LogP contribution in [0.5, 0.6) is 5.88 Å². The molecule has 0 radical (unpaired) electrons. The van der Waals surface area contributed by atoms with Crippen molar-refractivity contribution in [2.75, 3.05) is 43.6 Å². The van der Waals surface area contributed by atoms with Gasteiger partial charge in [-0.2, -0.15) is 0 Å². The lowest BCUT2D eigenvalue weighted by Gasteiger charge is -2.33. The highest BCUT2D eigenvalue weighted by Crippen LogP contribution is 2.50. The van der Waals surface area contributed by atoms with E-state index in [-0.39, 0.29) is 0 Å². The number of benzene rings is 2. The summed E-state index contributed by atoms with van der Waals surface area (Å²) in [6.07, 6.45) is 1.87. The molecule has 1 aromatic heterocycles. The van der Waals surface area contributed by atoms with Crippen LogP contribution in [0.1, 0.15) is 0 Å². The Morgan fingerprint density at radius 1 is 1.04 bits per heavy atom. The maximum Gasteiger partial charge on any atom is 0.212 e. The monoisotopic (exact) mass is 391 g/mol. The highest BCUT2D eigenvalue weighted by molar-refractivity contribution is 8.00. The van der Waals surface area contributed by atoms with Gasteiger partial charge in [-0.1, -0.05) is 23.9 Å². The Hall–Kier alpha value is -2.70. The maximum atomic E-state index is 5.57. The molecule has 3 heterocycles. The fourth-order valence-electron chi connectivity index (χ4n) is 3.61. The quantitative estimate of drug-likeness (QED) is 0.541. The van der Waals surface area contributed by atoms with Crippen LogP contribution < -0.4 is 15.0 Å². The number of pyridine rings is 1. The number of ether oxygens (including phenoxy) is 2. The zero-order valence-corrected chi connectivity index (χ0v) is 16.5. The molecule has 0 saturated carbocycles. The molecule has 1 saturated heterocycles. The normalized spacial score (nSPS) is 15.4. The molecule has 0 bridgehead atoms. The van der Waals surface area contributed by atoms with Gasteiger partial charge in [0.05, 0.1) is 42.3 Å². The molecule has 6 heteroatoms. The Kier molecular flexibility index (Phi) is 4.58. The Labute approximate surface area is 168 Å². The van der Waals surface area contributed by atoms with Gasteiger partial charge in [0, 0.05) is 35.8 Å². The number of hydrogen-bond acceptors (Lipinski definition) is 6. The molecule has 2 aliphatic heterocycles. The molecular formula is C22H21N3O2S. The van der Waals surface area contributed by atoms with Crippen LogP contribution in [-0.2, 0) is 4.74 Å². The van der Waals surface area contributed by atoms with E-state index in [0.717, 1.165) is 48.8 Å². The topological polar surface area (TPSA) is 46.6 Å². The van der Waals surface area contributed by atoms with E-state index in [1.54, 1.807) is 7.11 Å². The lowest BCUT2D eigenvalue weighted by Crippen LogP contribution is -2.36. The number of rotatable bonds is 3. The Morgan fingerprint density at radius 2 is 1.89 bits per heavy atom. The van der Waals surface area contributed by atoms with Crippen molar-refractivity contribution in [2.24, 2.45) is 0 Å². The first-order valence-corrected chi connectivity index (χ1v) is 10.2. The van der Waals surface area contributed by atoms with Crippen molar-refractivity contribution in [3.05, 3.63) is 54.7 Å². The molecule has 0 unspecified atom stereocenters. The lowest BCUT2D eigenvalue weighted by molar-refractivity contribution is 0.122. The summed E-state index contributed by atoms with van der Waals surface area (Å²) in [6.45, 7) is 3.33. The minimum absolute atomic E-state index is 0.623. The minimum Gasteiger partial charge on any atom is -0.481 e. The summed E-state index contributed by atoms with van der Waals surface area (Å²) in [7, 11) is 1.63. The average molecular weight is 391 g/mol. The molecule has 28 heavy (non-hydrogen) atoms. The van der Waals surface area contributed by atoms with Gasteiger partial charge < -0.3 is 19.7 Å². The summed E-state index contributed by atoms with van der Waals surface area (Å²) in [4.78, 5) is 9.33. The summed E-state index contributed by atoms with van der Waals surface area (Å²) in [5.41, 5.74) is 5.75. The van der Waals surface area contributed by atoms with Crippen LogP contribution in [0.3, 0.4) is 0 Å². The van der Waals surface area contributed by atoms with Gasteiger partial charge >= 0.3 is 0 Å². The van der Waals surface area contributed by atoms with Crippen molar-refractivity contribution in [1.82, 2.24) is 4.98 Å². The third kappa shape index (κ3) is 3.19. The third-order valence-electron chi connectivity index (χ3n) is 5.07. The van der Waals surface area contributed by atoms with E-state index in [1.807, 2.05) is 24.0 Å². The van der Waals surface area contributed by atoms with Crippen molar-refractivity contribution in [1.29, 1.82) is 0 Å². The van der Waals surface area contributed by atoms with Gasteiger partial charge in [0.25, 0.3) is 0 Å². The number of hydrogen-bond donors (Lipinski definition) is 1. The van der Waals surface area contributed by atoms with Gasteiger partial charge in [-0.25, -0.2) is 4.98 Å². The van der Waals surface area contributed by atoms with E-state index in [9.17, 15) is 0 Å². The molecule has 5 rings (SSSR count). The molecule has 2 aliphatic rings. The molecule has 1 fully saturated rings. The summed E-state index contributed by atoms with van der Waals surface area (Å²) in [5, 5.41) is 3.63. The number of fused-ring (bicyclic) bond motifs is 2. The third-order valence-corrected chi connectivity index (χ3v) is 6.28. The van der Waals surface area contributed by atoms with Crippen LogP contribution in [0, 0.1) is 0 Å². The predicted molar refractivity (Wildman–Crippen MR) is 113 cm³/mol. The lowest BCUT2D eigenvalue weighted by atomic mass is 10.0. The molecule has 0 aliphatic carbocycles. The van der Waals surface area contributed by atoms with E-state index in [4.69, 9.17) is 9.47 Å². The zero-order valence-electron chi connectivity index (χ0n) is 15.6. The fourth-order valence-corrected chi connectivity index (χ4v) is 4.71. The molecule has 3 aromatic rings. The molecule has 5 nitrogen and oxygen atoms in total. The van der Waals surface area contributed by atoms with Crippen molar-refractivity contribution in [3.63, 3.8) is 0 Å². The van der Waals surface area contributed by atoms with Crippen molar-refractivity contribution in [2.45, 2.75) is 9.79 Å². The molecular weight excluding hydrogens is 370 g/mol. The second-order valence-corrected chi connectivity index (χ2v) is 7.84. The van der Waals surface area contributed by atoms with Crippen molar-refractivity contribution < 1.29 is 9.47 Å². The number of anilines is 3. The van der Waals surface area contributed by atoms with Crippen LogP contribution in [0.4, 0.5) is 17.1 Å². The number of para-hydroxylation sites is 1. The van der Waals surface area contributed by atoms with Crippen LogP contribution in [0.2, 0.25) is 0 Å². The van der Waals surface area contributed by atoms with E-state index in [1.165, 1.54) is 15.5 Å². The van der Waals surface area contributed by atoms with Gasteiger partial charge in [0.1, 0.15) is 0 Å². The smallest absolute Gasteiger partial charge is 0.212 e. The first-order chi connectivity index (χ1) is 13.8. The summed E-state index contributed by atoms with van der Waals surface area (Å²) in [6, 6.07) is 16.9. The minimum atomic E-state index is 0.623. The van der Waals surface area contributed by atoms with E-state index in [0.29, 0.717) is 5.88 Å². The largest absolute Gasteiger partial charge is 0.481 e. The molecule has 0 amide bonds. The standard InChI is InChI=1S/C22H21N3O2S/c1-26-21-7-6-15(14-23-21)16-12-18-22(19(13-16)25-8-10-27-11-9-25)28-20-5-3-2-4-17(20)24-18/h2-7,12-14,24H,8-11H2,1H3. The van der Waals surface area contributed by atoms with Crippen LogP contribution in [0.25, 0.3) is 11.1 Å². The van der Waals surface area contributed by atoms with Crippen molar-refractivity contribution in [3.8, 4) is 17.0 Å². The predicted octanol–water partition coefficient (Wildman–Crippen LogP) is 4.80.